The summed E-state index contributed by atoms with van der Waals surface area (Å²) in [5.74, 6) is 5.91. The van der Waals surface area contributed by atoms with Crippen LogP contribution in [0.25, 0.3) is 0 Å². The maximum absolute atomic E-state index is 13.1. The van der Waals surface area contributed by atoms with Gasteiger partial charge in [-0.15, -0.1) is 0 Å². The van der Waals surface area contributed by atoms with E-state index in [1.165, 1.54) is 12.1 Å². The molecule has 0 amide bonds. The molecule has 80 valence electrons. The molecule has 0 aliphatic heterocycles. The number of ether oxygens (including phenoxy) is 1. The van der Waals surface area contributed by atoms with Crippen molar-refractivity contribution in [3.63, 3.8) is 0 Å². The molecule has 0 saturated heterocycles. The number of halogens is 1. The van der Waals surface area contributed by atoms with Crippen LogP contribution < -0.4 is 10.1 Å². The van der Waals surface area contributed by atoms with Gasteiger partial charge in [0, 0.05) is 11.6 Å². The molecule has 0 aliphatic rings. The van der Waals surface area contributed by atoms with Gasteiger partial charge < -0.3 is 10.1 Å². The Hall–Kier alpha value is -1.53. The lowest BCUT2D eigenvalue weighted by molar-refractivity contribution is 0.338. The van der Waals surface area contributed by atoms with E-state index in [0.717, 1.165) is 0 Å². The Bertz CT molecular complexity index is 379. The zero-order chi connectivity index (χ0) is 11.1. The van der Waals surface area contributed by atoms with Crippen molar-refractivity contribution in [3.05, 3.63) is 29.6 Å². The minimum absolute atomic E-state index is 0.324. The van der Waals surface area contributed by atoms with Crippen LogP contribution >= 0.6 is 0 Å². The van der Waals surface area contributed by atoms with Crippen molar-refractivity contribution in [3.8, 4) is 17.6 Å². The fraction of sp³-hybridized carbons (Fsp3) is 0.333. The second kappa shape index (κ2) is 6.05. The highest BCUT2D eigenvalue weighted by Crippen LogP contribution is 2.15. The summed E-state index contributed by atoms with van der Waals surface area (Å²) in [6, 6.07) is 4.48. The van der Waals surface area contributed by atoms with Crippen LogP contribution in [-0.2, 0) is 0 Å². The molecule has 0 fully saturated rings. The van der Waals surface area contributed by atoms with Gasteiger partial charge in [-0.1, -0.05) is 11.8 Å². The summed E-state index contributed by atoms with van der Waals surface area (Å²) in [6.07, 6.45) is 0. The van der Waals surface area contributed by atoms with Crippen LogP contribution in [0.5, 0.6) is 5.75 Å². The van der Waals surface area contributed by atoms with Crippen LogP contribution in [0.1, 0.15) is 12.5 Å². The van der Waals surface area contributed by atoms with E-state index in [0.29, 0.717) is 24.5 Å². The number of rotatable bonds is 3. The van der Waals surface area contributed by atoms with Crippen LogP contribution in [-0.4, -0.2) is 20.2 Å². The summed E-state index contributed by atoms with van der Waals surface area (Å²) in [4.78, 5) is 0. The highest BCUT2D eigenvalue weighted by Gasteiger charge is 1.98. The van der Waals surface area contributed by atoms with E-state index in [-0.39, 0.29) is 5.82 Å². The first-order chi connectivity index (χ1) is 7.26. The summed E-state index contributed by atoms with van der Waals surface area (Å²) < 4.78 is 18.3. The first kappa shape index (κ1) is 11.5. The predicted octanol–water partition coefficient (Wildman–Crippen LogP) is 1.80. The van der Waals surface area contributed by atoms with Gasteiger partial charge in [0.25, 0.3) is 0 Å². The Kier molecular flexibility index (Phi) is 4.65. The fourth-order valence-corrected chi connectivity index (χ4v) is 1.12. The first-order valence-electron chi connectivity index (χ1n) is 4.83. The molecule has 2 nitrogen and oxygen atoms in total. The van der Waals surface area contributed by atoms with Crippen molar-refractivity contribution >= 4 is 0 Å². The first-order valence-corrected chi connectivity index (χ1v) is 4.83. The summed E-state index contributed by atoms with van der Waals surface area (Å²) in [5.41, 5.74) is 0.633. The molecule has 0 saturated carbocycles. The molecule has 0 aliphatic carbocycles. The Balaban J connectivity index is 2.85. The van der Waals surface area contributed by atoms with Gasteiger partial charge in [-0.05, 0) is 26.1 Å². The fourth-order valence-electron chi connectivity index (χ4n) is 1.12. The van der Waals surface area contributed by atoms with Gasteiger partial charge in [0.2, 0.25) is 0 Å². The predicted molar refractivity (Wildman–Crippen MR) is 58.4 cm³/mol. The summed E-state index contributed by atoms with van der Waals surface area (Å²) >= 11 is 0. The Morgan fingerprint density at radius 2 is 2.20 bits per heavy atom. The molecule has 0 radical (unpaired) electrons. The average molecular weight is 207 g/mol. The third-order valence-corrected chi connectivity index (χ3v) is 1.68. The Morgan fingerprint density at radius 1 is 1.40 bits per heavy atom. The van der Waals surface area contributed by atoms with E-state index in [1.54, 1.807) is 6.07 Å². The smallest absolute Gasteiger partial charge is 0.128 e. The number of benzene rings is 1. The summed E-state index contributed by atoms with van der Waals surface area (Å²) in [7, 11) is 1.81. The van der Waals surface area contributed by atoms with E-state index < -0.39 is 0 Å². The van der Waals surface area contributed by atoms with Gasteiger partial charge >= 0.3 is 0 Å². The molecular formula is C12H14FNO. The molecule has 1 aromatic rings. The topological polar surface area (TPSA) is 21.3 Å². The lowest BCUT2D eigenvalue weighted by Crippen LogP contribution is -2.04. The van der Waals surface area contributed by atoms with Crippen LogP contribution in [0.3, 0.4) is 0 Å². The van der Waals surface area contributed by atoms with Crippen LogP contribution in [0.4, 0.5) is 4.39 Å². The maximum Gasteiger partial charge on any atom is 0.128 e. The average Bonchev–Trinajstić information content (AvgIpc) is 2.18. The molecular weight excluding hydrogens is 193 g/mol. The highest BCUT2D eigenvalue weighted by atomic mass is 19.1. The largest absolute Gasteiger partial charge is 0.494 e. The van der Waals surface area contributed by atoms with E-state index in [1.807, 2.05) is 14.0 Å². The van der Waals surface area contributed by atoms with E-state index in [4.69, 9.17) is 4.74 Å². The minimum atomic E-state index is -0.324. The molecule has 0 atom stereocenters. The number of hydrogen-bond acceptors (Lipinski definition) is 2. The van der Waals surface area contributed by atoms with Gasteiger partial charge in [-0.25, -0.2) is 4.39 Å². The molecule has 0 aromatic heterocycles. The minimum Gasteiger partial charge on any atom is -0.494 e. The van der Waals surface area contributed by atoms with Crippen molar-refractivity contribution in [1.29, 1.82) is 0 Å². The monoisotopic (exact) mass is 207 g/mol. The van der Waals surface area contributed by atoms with E-state index in [9.17, 15) is 4.39 Å². The third-order valence-electron chi connectivity index (χ3n) is 1.68. The van der Waals surface area contributed by atoms with Gasteiger partial charge in [0.1, 0.15) is 11.6 Å². The Labute approximate surface area is 89.4 Å². The molecule has 0 unspecified atom stereocenters. The van der Waals surface area contributed by atoms with Gasteiger partial charge in [-0.2, -0.15) is 0 Å². The van der Waals surface area contributed by atoms with Crippen molar-refractivity contribution in [2.24, 2.45) is 0 Å². The molecule has 3 heteroatoms. The summed E-state index contributed by atoms with van der Waals surface area (Å²) in [5, 5.41) is 2.89. The molecule has 1 N–H and O–H groups in total. The Morgan fingerprint density at radius 3 is 2.87 bits per heavy atom. The number of hydrogen-bond donors (Lipinski definition) is 1. The SMILES string of the molecule is CCOc1cc(F)cc(C#CCNC)c1. The van der Waals surface area contributed by atoms with Gasteiger partial charge in [0.05, 0.1) is 13.2 Å². The normalized spacial score (nSPS) is 9.27. The van der Waals surface area contributed by atoms with E-state index >= 15 is 0 Å². The molecule has 15 heavy (non-hydrogen) atoms. The lowest BCUT2D eigenvalue weighted by Gasteiger charge is -2.03. The number of nitrogens with one attached hydrogen (secondary N) is 1. The van der Waals surface area contributed by atoms with Crippen LogP contribution in [0.15, 0.2) is 18.2 Å². The summed E-state index contributed by atoms with van der Waals surface area (Å²) in [6.45, 7) is 2.96. The molecule has 0 spiro atoms. The van der Waals surface area contributed by atoms with Gasteiger partial charge in [0.15, 0.2) is 0 Å². The highest BCUT2D eigenvalue weighted by molar-refractivity contribution is 5.40. The van der Waals surface area contributed by atoms with Crippen molar-refractivity contribution in [2.75, 3.05) is 20.2 Å². The maximum atomic E-state index is 13.1. The van der Waals surface area contributed by atoms with Crippen LogP contribution in [0.2, 0.25) is 0 Å². The van der Waals surface area contributed by atoms with Crippen molar-refractivity contribution in [2.45, 2.75) is 6.92 Å². The standard InChI is InChI=1S/C12H14FNO/c1-3-15-12-8-10(5-4-6-14-2)7-11(13)9-12/h7-9,14H,3,6H2,1-2H3. The second-order valence-electron chi connectivity index (χ2n) is 2.94. The zero-order valence-corrected chi connectivity index (χ0v) is 8.93. The van der Waals surface area contributed by atoms with Crippen molar-refractivity contribution in [1.82, 2.24) is 5.32 Å². The van der Waals surface area contributed by atoms with Gasteiger partial charge in [-0.3, -0.25) is 0 Å². The molecule has 1 rings (SSSR count). The zero-order valence-electron chi connectivity index (χ0n) is 8.93. The third kappa shape index (κ3) is 4.01. The molecule has 0 heterocycles. The lowest BCUT2D eigenvalue weighted by atomic mass is 10.2. The van der Waals surface area contributed by atoms with Crippen LogP contribution in [0, 0.1) is 17.7 Å². The quantitative estimate of drug-likeness (QED) is 0.763. The van der Waals surface area contributed by atoms with E-state index in [2.05, 4.69) is 17.2 Å². The molecule has 0 bridgehead atoms. The second-order valence-corrected chi connectivity index (χ2v) is 2.94. The molecule has 1 aromatic carbocycles. The van der Waals surface area contributed by atoms with Crippen molar-refractivity contribution < 1.29 is 9.13 Å².